The van der Waals surface area contributed by atoms with E-state index in [4.69, 9.17) is 11.6 Å². The van der Waals surface area contributed by atoms with Gasteiger partial charge in [0.2, 0.25) is 0 Å². The Morgan fingerprint density at radius 1 is 1.31 bits per heavy atom. The fraction of sp³-hybridized carbons (Fsp3) is 0.273. The lowest BCUT2D eigenvalue weighted by atomic mass is 10.2. The van der Waals surface area contributed by atoms with Crippen LogP contribution in [0.3, 0.4) is 0 Å². The van der Waals surface area contributed by atoms with Crippen LogP contribution in [0.4, 0.5) is 0 Å². The Hall–Kier alpha value is -0.400. The molecule has 0 aromatic heterocycles. The number of hydrogen-bond donors (Lipinski definition) is 0. The minimum Gasteiger partial charge on any atom is -0.122 e. The number of halogens is 1. The highest BCUT2D eigenvalue weighted by Gasteiger charge is 1.94. The van der Waals surface area contributed by atoms with Crippen molar-refractivity contribution < 1.29 is 0 Å². The topological polar surface area (TPSA) is 0 Å². The quantitative estimate of drug-likeness (QED) is 0.415. The summed E-state index contributed by atoms with van der Waals surface area (Å²) in [5, 5.41) is 0. The van der Waals surface area contributed by atoms with Crippen LogP contribution in [0, 0.1) is 6.92 Å². The van der Waals surface area contributed by atoms with E-state index in [0.29, 0.717) is 5.88 Å². The Labute approximate surface area is 89.0 Å². The maximum Gasteiger partial charge on any atom is 0.0404 e. The average molecular weight is 213 g/mol. The molecule has 0 nitrogen and oxygen atoms in total. The number of aryl methyl sites for hydroxylation is 1. The van der Waals surface area contributed by atoms with Crippen LogP contribution in [0.25, 0.3) is 0 Å². The molecule has 0 N–H and O–H groups in total. The number of rotatable bonds is 4. The van der Waals surface area contributed by atoms with E-state index in [1.807, 2.05) is 17.8 Å². The lowest BCUT2D eigenvalue weighted by Crippen LogP contribution is -1.79. The first-order valence-corrected chi connectivity index (χ1v) is 5.76. The maximum atomic E-state index is 5.52. The standard InChI is InChI=1S/C11H13ClS/c1-10-6-2-3-7-11(10)13-9-5-4-8-12/h2-7H,8-9H2,1H3. The fourth-order valence-corrected chi connectivity index (χ4v) is 2.00. The molecule has 0 radical (unpaired) electrons. The van der Waals surface area contributed by atoms with Gasteiger partial charge in [-0.15, -0.1) is 23.4 Å². The highest BCUT2D eigenvalue weighted by Crippen LogP contribution is 2.21. The molecule has 0 atom stereocenters. The van der Waals surface area contributed by atoms with Crippen LogP contribution in [-0.4, -0.2) is 11.6 Å². The first-order valence-electron chi connectivity index (χ1n) is 4.24. The van der Waals surface area contributed by atoms with Crippen molar-refractivity contribution >= 4 is 23.4 Å². The van der Waals surface area contributed by atoms with Gasteiger partial charge in [-0.25, -0.2) is 0 Å². The van der Waals surface area contributed by atoms with E-state index in [1.165, 1.54) is 10.5 Å². The van der Waals surface area contributed by atoms with E-state index in [9.17, 15) is 0 Å². The van der Waals surface area contributed by atoms with Crippen molar-refractivity contribution in [3.63, 3.8) is 0 Å². The van der Waals surface area contributed by atoms with Crippen molar-refractivity contribution in [2.75, 3.05) is 11.6 Å². The van der Waals surface area contributed by atoms with Crippen molar-refractivity contribution in [1.82, 2.24) is 0 Å². The van der Waals surface area contributed by atoms with E-state index >= 15 is 0 Å². The van der Waals surface area contributed by atoms with E-state index in [0.717, 1.165) is 5.75 Å². The third-order valence-corrected chi connectivity index (χ3v) is 2.99. The number of benzene rings is 1. The molecule has 1 aromatic rings. The summed E-state index contributed by atoms with van der Waals surface area (Å²) >= 11 is 7.36. The molecule has 0 aliphatic rings. The van der Waals surface area contributed by atoms with Gasteiger partial charge >= 0.3 is 0 Å². The average Bonchev–Trinajstić information content (AvgIpc) is 2.15. The fourth-order valence-electron chi connectivity index (χ4n) is 0.987. The minimum atomic E-state index is 0.605. The second-order valence-electron chi connectivity index (χ2n) is 2.70. The predicted octanol–water partition coefficient (Wildman–Crippen LogP) is 3.88. The second kappa shape index (κ2) is 6.11. The molecule has 0 aliphatic heterocycles. The minimum absolute atomic E-state index is 0.605. The molecule has 13 heavy (non-hydrogen) atoms. The summed E-state index contributed by atoms with van der Waals surface area (Å²) in [5.41, 5.74) is 1.34. The van der Waals surface area contributed by atoms with Crippen molar-refractivity contribution in [1.29, 1.82) is 0 Å². The van der Waals surface area contributed by atoms with Gasteiger partial charge in [0.15, 0.2) is 0 Å². The van der Waals surface area contributed by atoms with Crippen LogP contribution in [0.2, 0.25) is 0 Å². The Bertz CT molecular complexity index is 281. The molecule has 0 heterocycles. The summed E-state index contributed by atoms with van der Waals surface area (Å²) in [5.74, 6) is 1.60. The van der Waals surface area contributed by atoms with Gasteiger partial charge in [0.05, 0.1) is 0 Å². The van der Waals surface area contributed by atoms with E-state index < -0.39 is 0 Å². The highest BCUT2D eigenvalue weighted by molar-refractivity contribution is 7.99. The van der Waals surface area contributed by atoms with Gasteiger partial charge in [-0.05, 0) is 18.6 Å². The first-order chi connectivity index (χ1) is 6.34. The van der Waals surface area contributed by atoms with Gasteiger partial charge in [-0.3, -0.25) is 0 Å². The van der Waals surface area contributed by atoms with Crippen molar-refractivity contribution in [3.05, 3.63) is 42.0 Å². The number of allylic oxidation sites excluding steroid dienone is 1. The predicted molar refractivity (Wildman–Crippen MR) is 61.8 cm³/mol. The summed E-state index contributed by atoms with van der Waals surface area (Å²) in [7, 11) is 0. The lowest BCUT2D eigenvalue weighted by Gasteiger charge is -2.01. The van der Waals surface area contributed by atoms with Crippen LogP contribution < -0.4 is 0 Å². The summed E-state index contributed by atoms with van der Waals surface area (Å²) in [4.78, 5) is 1.35. The van der Waals surface area contributed by atoms with Crippen molar-refractivity contribution in [3.8, 4) is 0 Å². The Balaban J connectivity index is 2.45. The summed E-state index contributed by atoms with van der Waals surface area (Å²) in [6.45, 7) is 2.13. The molecule has 0 saturated heterocycles. The molecule has 0 saturated carbocycles. The molecule has 0 aliphatic carbocycles. The lowest BCUT2D eigenvalue weighted by molar-refractivity contribution is 1.30. The smallest absolute Gasteiger partial charge is 0.0404 e. The Morgan fingerprint density at radius 2 is 2.08 bits per heavy atom. The Kier molecular flexibility index (Phi) is 5.02. The molecule has 0 fully saturated rings. The molecule has 0 bridgehead atoms. The zero-order chi connectivity index (χ0) is 9.52. The summed E-state index contributed by atoms with van der Waals surface area (Å²) in [6.07, 6.45) is 4.08. The molecule has 1 aromatic carbocycles. The summed E-state index contributed by atoms with van der Waals surface area (Å²) < 4.78 is 0. The third kappa shape index (κ3) is 3.88. The zero-order valence-corrected chi connectivity index (χ0v) is 9.24. The normalized spacial score (nSPS) is 10.9. The highest BCUT2D eigenvalue weighted by atomic mass is 35.5. The third-order valence-electron chi connectivity index (χ3n) is 1.68. The number of hydrogen-bond acceptors (Lipinski definition) is 1. The van der Waals surface area contributed by atoms with E-state index in [1.54, 1.807) is 0 Å². The van der Waals surface area contributed by atoms with Crippen molar-refractivity contribution in [2.24, 2.45) is 0 Å². The van der Waals surface area contributed by atoms with Crippen molar-refractivity contribution in [2.45, 2.75) is 11.8 Å². The largest absolute Gasteiger partial charge is 0.122 e. The molecule has 2 heteroatoms. The number of thioether (sulfide) groups is 1. The first kappa shape index (κ1) is 10.7. The molecule has 70 valence electrons. The van der Waals surface area contributed by atoms with Crippen LogP contribution >= 0.6 is 23.4 Å². The molecule has 0 spiro atoms. The molecule has 0 amide bonds. The zero-order valence-electron chi connectivity index (χ0n) is 7.66. The van der Waals surface area contributed by atoms with Gasteiger partial charge in [-0.1, -0.05) is 30.4 Å². The van der Waals surface area contributed by atoms with Gasteiger partial charge in [0.25, 0.3) is 0 Å². The second-order valence-corrected chi connectivity index (χ2v) is 4.07. The van der Waals surface area contributed by atoms with Crippen LogP contribution in [-0.2, 0) is 0 Å². The number of alkyl halides is 1. The van der Waals surface area contributed by atoms with E-state index in [2.05, 4.69) is 37.3 Å². The SMILES string of the molecule is Cc1ccccc1SCC=CCCl. The van der Waals surface area contributed by atoms with E-state index in [-0.39, 0.29) is 0 Å². The van der Waals surface area contributed by atoms with Crippen LogP contribution in [0.1, 0.15) is 5.56 Å². The monoisotopic (exact) mass is 212 g/mol. The van der Waals surface area contributed by atoms with Crippen LogP contribution in [0.5, 0.6) is 0 Å². The summed E-state index contributed by atoms with van der Waals surface area (Å²) in [6, 6.07) is 8.41. The maximum absolute atomic E-state index is 5.52. The van der Waals surface area contributed by atoms with Gasteiger partial charge in [0, 0.05) is 16.5 Å². The van der Waals surface area contributed by atoms with Crippen LogP contribution in [0.15, 0.2) is 41.3 Å². The van der Waals surface area contributed by atoms with Gasteiger partial charge in [0.1, 0.15) is 0 Å². The molecule has 1 rings (SSSR count). The van der Waals surface area contributed by atoms with Gasteiger partial charge < -0.3 is 0 Å². The molecular weight excluding hydrogens is 200 g/mol. The molecule has 0 unspecified atom stereocenters. The Morgan fingerprint density at radius 3 is 2.77 bits per heavy atom. The van der Waals surface area contributed by atoms with Gasteiger partial charge in [-0.2, -0.15) is 0 Å². The molecular formula is C11H13ClS.